The van der Waals surface area contributed by atoms with Crippen LogP contribution in [0.25, 0.3) is 11.0 Å². The first kappa shape index (κ1) is 25.0. The van der Waals surface area contributed by atoms with Crippen LogP contribution in [0.3, 0.4) is 0 Å². The van der Waals surface area contributed by atoms with Crippen LogP contribution >= 0.6 is 0 Å². The largest absolute Gasteiger partial charge is 0.492 e. The molecule has 2 aromatic carbocycles. The number of imidazole rings is 1. The van der Waals surface area contributed by atoms with E-state index in [2.05, 4.69) is 10.3 Å². The summed E-state index contributed by atoms with van der Waals surface area (Å²) >= 11 is 0. The molecule has 2 heterocycles. The van der Waals surface area contributed by atoms with Crippen molar-refractivity contribution in [3.63, 3.8) is 0 Å². The number of halogens is 4. The fraction of sp³-hybridized carbons (Fsp3) is 0.500. The van der Waals surface area contributed by atoms with Crippen LogP contribution in [0.15, 0.2) is 42.7 Å². The van der Waals surface area contributed by atoms with E-state index in [0.717, 1.165) is 6.07 Å². The summed E-state index contributed by atoms with van der Waals surface area (Å²) in [5, 5.41) is 24.7. The molecule has 0 bridgehead atoms. The second-order valence-electron chi connectivity index (χ2n) is 10.6. The van der Waals surface area contributed by atoms with E-state index in [9.17, 15) is 27.8 Å². The number of fused-ring (bicyclic) bond motifs is 1. The van der Waals surface area contributed by atoms with E-state index in [1.54, 1.807) is 19.1 Å². The van der Waals surface area contributed by atoms with E-state index < -0.39 is 28.8 Å². The van der Waals surface area contributed by atoms with Gasteiger partial charge in [0.2, 0.25) is 0 Å². The summed E-state index contributed by atoms with van der Waals surface area (Å²) in [5.41, 5.74) is -2.21. The summed E-state index contributed by atoms with van der Waals surface area (Å²) in [7, 11) is 0. The molecule has 2 aliphatic rings. The Morgan fingerprint density at radius 1 is 1.11 bits per heavy atom. The molecule has 194 valence electrons. The minimum Gasteiger partial charge on any atom is -0.492 e. The maximum atomic E-state index is 14.0. The van der Waals surface area contributed by atoms with Gasteiger partial charge in [-0.15, -0.1) is 0 Å². The molecule has 2 fully saturated rings. The smallest absolute Gasteiger partial charge is 0.418 e. The molecule has 1 aliphatic heterocycles. The lowest BCUT2D eigenvalue weighted by molar-refractivity contribution is -0.136. The topological polar surface area (TPSA) is 79.5 Å². The van der Waals surface area contributed by atoms with Gasteiger partial charge >= 0.3 is 6.18 Å². The minimum atomic E-state index is -4.62. The predicted octanol–water partition coefficient (Wildman–Crippen LogP) is 4.69. The molecular weight excluding hydrogens is 478 g/mol. The van der Waals surface area contributed by atoms with Gasteiger partial charge in [-0.2, -0.15) is 13.2 Å². The highest BCUT2D eigenvalue weighted by atomic mass is 19.4. The minimum absolute atomic E-state index is 0.0227. The summed E-state index contributed by atoms with van der Waals surface area (Å²) in [6.45, 7) is 3.60. The number of nitrogens with zero attached hydrogens (tertiary/aromatic N) is 2. The lowest BCUT2D eigenvalue weighted by Gasteiger charge is -2.42. The van der Waals surface area contributed by atoms with Gasteiger partial charge in [0.15, 0.2) is 0 Å². The van der Waals surface area contributed by atoms with Crippen molar-refractivity contribution in [2.75, 3.05) is 6.61 Å². The lowest BCUT2D eigenvalue weighted by atomic mass is 9.77. The van der Waals surface area contributed by atoms with Crippen molar-refractivity contribution >= 4 is 11.0 Å². The maximum Gasteiger partial charge on any atom is 0.418 e. The van der Waals surface area contributed by atoms with Gasteiger partial charge < -0.3 is 24.8 Å². The summed E-state index contributed by atoms with van der Waals surface area (Å²) in [6, 6.07) is 7.46. The van der Waals surface area contributed by atoms with Crippen LogP contribution in [-0.2, 0) is 11.8 Å². The highest BCUT2D eigenvalue weighted by molar-refractivity contribution is 5.82. The molecule has 1 aromatic heterocycles. The summed E-state index contributed by atoms with van der Waals surface area (Å²) in [5.74, 6) is -0.365. The monoisotopic (exact) mass is 507 g/mol. The third-order valence-corrected chi connectivity index (χ3v) is 7.27. The van der Waals surface area contributed by atoms with Gasteiger partial charge in [-0.05, 0) is 63.3 Å². The first-order valence-corrected chi connectivity index (χ1v) is 12.0. The molecule has 36 heavy (non-hydrogen) atoms. The molecule has 3 atom stereocenters. The van der Waals surface area contributed by atoms with Crippen LogP contribution in [0.2, 0.25) is 0 Å². The Balaban J connectivity index is 1.37. The number of ether oxygens (including phenoxy) is 1. The zero-order valence-corrected chi connectivity index (χ0v) is 20.0. The van der Waals surface area contributed by atoms with Gasteiger partial charge in [-0.1, -0.05) is 12.1 Å². The van der Waals surface area contributed by atoms with Crippen molar-refractivity contribution < 1.29 is 32.5 Å². The van der Waals surface area contributed by atoms with Crippen LogP contribution in [-0.4, -0.2) is 44.1 Å². The third kappa shape index (κ3) is 4.81. The van der Waals surface area contributed by atoms with E-state index in [4.69, 9.17) is 4.74 Å². The molecule has 0 amide bonds. The number of aliphatic hydroxyl groups is 2. The molecule has 0 unspecified atom stereocenters. The SMILES string of the molecule is C[C@H]1C[C@@](O)(c2ccc(F)cc2)C[C@@H](COc2cc(C(F)(F)F)c3c(c2)ncn3C2CC(C)(O)C2)N1. The molecule has 0 spiro atoms. The number of hydrogen-bond acceptors (Lipinski definition) is 5. The first-order chi connectivity index (χ1) is 16.8. The lowest BCUT2D eigenvalue weighted by Crippen LogP contribution is -2.53. The zero-order chi connectivity index (χ0) is 25.9. The summed E-state index contributed by atoms with van der Waals surface area (Å²) < 4.78 is 62.8. The Morgan fingerprint density at radius 3 is 2.44 bits per heavy atom. The van der Waals surface area contributed by atoms with Crippen molar-refractivity contribution in [1.82, 2.24) is 14.9 Å². The molecule has 1 saturated carbocycles. The highest BCUT2D eigenvalue weighted by Crippen LogP contribution is 2.45. The number of nitrogens with one attached hydrogen (secondary N) is 1. The fourth-order valence-corrected chi connectivity index (χ4v) is 5.69. The Morgan fingerprint density at radius 2 is 1.81 bits per heavy atom. The van der Waals surface area contributed by atoms with Crippen LogP contribution < -0.4 is 10.1 Å². The second kappa shape index (κ2) is 8.71. The third-order valence-electron chi connectivity index (χ3n) is 7.27. The predicted molar refractivity (Wildman–Crippen MR) is 125 cm³/mol. The van der Waals surface area contributed by atoms with Crippen molar-refractivity contribution in [3.8, 4) is 5.75 Å². The molecular formula is C26H29F4N3O3. The number of benzene rings is 2. The van der Waals surface area contributed by atoms with Crippen LogP contribution in [0.1, 0.15) is 56.7 Å². The van der Waals surface area contributed by atoms with Crippen molar-refractivity contribution in [2.24, 2.45) is 0 Å². The Hall–Kier alpha value is -2.69. The van der Waals surface area contributed by atoms with E-state index in [1.807, 2.05) is 6.92 Å². The standard InChI is InChI=1S/C26H29F4N3O3/c1-15-9-25(35,16-3-5-17(27)6-4-16)10-18(32-15)13-36-20-7-21(26(28,29)30)23-22(8-20)31-14-33(23)19-11-24(2,34)12-19/h3-8,14-15,18-19,32,34-35H,9-13H2,1-2H3/t15-,18-,19?,24?,25-/m0/s1. The molecule has 6 nitrogen and oxygen atoms in total. The van der Waals surface area contributed by atoms with Gasteiger partial charge in [0.25, 0.3) is 0 Å². The molecule has 0 radical (unpaired) electrons. The Labute approximate surface area is 205 Å². The van der Waals surface area contributed by atoms with Gasteiger partial charge in [-0.25, -0.2) is 9.37 Å². The number of piperidine rings is 1. The number of aromatic nitrogens is 2. The zero-order valence-electron chi connectivity index (χ0n) is 20.0. The van der Waals surface area contributed by atoms with Gasteiger partial charge in [0.05, 0.1) is 34.1 Å². The normalized spacial score (nSPS) is 30.8. The molecule has 10 heteroatoms. The number of rotatable bonds is 5. The van der Waals surface area contributed by atoms with Crippen LogP contribution in [0, 0.1) is 5.82 Å². The maximum absolute atomic E-state index is 14.0. The molecule has 3 aromatic rings. The van der Waals surface area contributed by atoms with E-state index in [0.29, 0.717) is 24.8 Å². The van der Waals surface area contributed by atoms with Crippen molar-refractivity contribution in [2.45, 2.75) is 75.0 Å². The van der Waals surface area contributed by atoms with E-state index in [1.165, 1.54) is 29.1 Å². The quantitative estimate of drug-likeness (QED) is 0.437. The fourth-order valence-electron chi connectivity index (χ4n) is 5.69. The average Bonchev–Trinajstić information content (AvgIpc) is 3.18. The van der Waals surface area contributed by atoms with Gasteiger partial charge in [0.1, 0.15) is 18.2 Å². The first-order valence-electron chi connectivity index (χ1n) is 12.0. The molecule has 1 saturated heterocycles. The Kier molecular flexibility index (Phi) is 6.04. The molecule has 3 N–H and O–H groups in total. The summed E-state index contributed by atoms with van der Waals surface area (Å²) in [4.78, 5) is 4.20. The Bertz CT molecular complexity index is 1250. The molecule has 5 rings (SSSR count). The second-order valence-corrected chi connectivity index (χ2v) is 10.6. The van der Waals surface area contributed by atoms with Crippen molar-refractivity contribution in [1.29, 1.82) is 0 Å². The van der Waals surface area contributed by atoms with Crippen LogP contribution in [0.4, 0.5) is 17.6 Å². The summed E-state index contributed by atoms with van der Waals surface area (Å²) in [6.07, 6.45) is -1.86. The number of alkyl halides is 3. The van der Waals surface area contributed by atoms with Gasteiger partial charge in [-0.3, -0.25) is 0 Å². The van der Waals surface area contributed by atoms with Crippen LogP contribution in [0.5, 0.6) is 5.75 Å². The highest BCUT2D eigenvalue weighted by Gasteiger charge is 2.43. The van der Waals surface area contributed by atoms with E-state index >= 15 is 0 Å². The number of hydrogen-bond donors (Lipinski definition) is 3. The van der Waals surface area contributed by atoms with Crippen molar-refractivity contribution in [3.05, 3.63) is 59.7 Å². The molecule has 1 aliphatic carbocycles. The van der Waals surface area contributed by atoms with E-state index in [-0.39, 0.29) is 47.9 Å². The van der Waals surface area contributed by atoms with Gasteiger partial charge in [0, 0.05) is 24.2 Å². The average molecular weight is 508 g/mol.